The third-order valence-corrected chi connectivity index (χ3v) is 3.34. The smallest absolute Gasteiger partial charge is 0.251 e. The van der Waals surface area contributed by atoms with Crippen LogP contribution in [-0.4, -0.2) is 42.1 Å². The summed E-state index contributed by atoms with van der Waals surface area (Å²) >= 11 is 5.76. The lowest BCUT2D eigenvalue weighted by Crippen LogP contribution is -2.29. The zero-order valence-corrected chi connectivity index (χ0v) is 12.2. The van der Waals surface area contributed by atoms with Gasteiger partial charge in [-0.3, -0.25) is 4.79 Å². The van der Waals surface area contributed by atoms with Crippen molar-refractivity contribution in [3.8, 4) is 5.75 Å². The molecule has 1 aromatic carbocycles. The number of halogens is 1. The lowest BCUT2D eigenvalue weighted by Gasteiger charge is -2.17. The maximum Gasteiger partial charge on any atom is 0.251 e. The van der Waals surface area contributed by atoms with Crippen molar-refractivity contribution in [3.63, 3.8) is 0 Å². The van der Waals surface area contributed by atoms with E-state index in [-0.39, 0.29) is 16.7 Å². The summed E-state index contributed by atoms with van der Waals surface area (Å²) in [5, 5.41) is 12.3. The first-order valence-electron chi connectivity index (χ1n) is 6.57. The van der Waals surface area contributed by atoms with Crippen molar-refractivity contribution in [1.82, 2.24) is 10.2 Å². The van der Waals surface area contributed by atoms with E-state index < -0.39 is 0 Å². The topological polar surface area (TPSA) is 52.6 Å². The standard InChI is InChI=1S/C14H21ClN2O2/c1-3-17(4-2)9-5-8-16-14(19)11-6-7-13(18)12(15)10-11/h6-7,10,18H,3-5,8-9H2,1-2H3,(H,16,19). The Labute approximate surface area is 119 Å². The number of phenols is 1. The zero-order chi connectivity index (χ0) is 14.3. The highest BCUT2D eigenvalue weighted by atomic mass is 35.5. The van der Waals surface area contributed by atoms with E-state index in [1.807, 2.05) is 0 Å². The molecule has 0 aromatic heterocycles. The van der Waals surface area contributed by atoms with Crippen molar-refractivity contribution in [1.29, 1.82) is 0 Å². The molecule has 1 amide bonds. The molecule has 2 N–H and O–H groups in total. The second kappa shape index (κ2) is 8.02. The number of amides is 1. The fourth-order valence-electron chi connectivity index (χ4n) is 1.79. The van der Waals surface area contributed by atoms with Crippen LogP contribution in [0.5, 0.6) is 5.75 Å². The Bertz CT molecular complexity index is 420. The van der Waals surface area contributed by atoms with Gasteiger partial charge in [0.2, 0.25) is 0 Å². The van der Waals surface area contributed by atoms with Gasteiger partial charge in [-0.25, -0.2) is 0 Å². The van der Waals surface area contributed by atoms with Crippen LogP contribution in [0.4, 0.5) is 0 Å². The minimum Gasteiger partial charge on any atom is -0.506 e. The quantitative estimate of drug-likeness (QED) is 0.757. The molecule has 0 heterocycles. The van der Waals surface area contributed by atoms with Crippen LogP contribution in [0, 0.1) is 0 Å². The number of nitrogens with zero attached hydrogens (tertiary/aromatic N) is 1. The lowest BCUT2D eigenvalue weighted by molar-refractivity contribution is 0.0952. The third kappa shape index (κ3) is 5.09. The first-order chi connectivity index (χ1) is 9.08. The molecule has 0 saturated carbocycles. The van der Waals surface area contributed by atoms with Crippen LogP contribution in [-0.2, 0) is 0 Å². The molecule has 0 spiro atoms. The number of phenolic OH excluding ortho intramolecular Hbond substituents is 1. The van der Waals surface area contributed by atoms with Crippen LogP contribution in [0.3, 0.4) is 0 Å². The van der Waals surface area contributed by atoms with Gasteiger partial charge in [-0.2, -0.15) is 0 Å². The van der Waals surface area contributed by atoms with Crippen LogP contribution in [0.25, 0.3) is 0 Å². The molecule has 0 aliphatic rings. The predicted octanol–water partition coefficient (Wildman–Crippen LogP) is 2.51. The molecule has 0 bridgehead atoms. The molecular formula is C14H21ClN2O2. The lowest BCUT2D eigenvalue weighted by atomic mass is 10.2. The molecule has 0 aliphatic carbocycles. The van der Waals surface area contributed by atoms with Gasteiger partial charge >= 0.3 is 0 Å². The maximum atomic E-state index is 11.8. The van der Waals surface area contributed by atoms with E-state index in [0.717, 1.165) is 26.1 Å². The summed E-state index contributed by atoms with van der Waals surface area (Å²) in [7, 11) is 0. The summed E-state index contributed by atoms with van der Waals surface area (Å²) in [5.41, 5.74) is 0.464. The molecule has 0 fully saturated rings. The largest absolute Gasteiger partial charge is 0.506 e. The van der Waals surface area contributed by atoms with Crippen LogP contribution in [0.2, 0.25) is 5.02 Å². The van der Waals surface area contributed by atoms with Crippen molar-refractivity contribution in [3.05, 3.63) is 28.8 Å². The highest BCUT2D eigenvalue weighted by molar-refractivity contribution is 6.32. The van der Waals surface area contributed by atoms with Crippen LogP contribution in [0.1, 0.15) is 30.6 Å². The van der Waals surface area contributed by atoms with Crippen LogP contribution >= 0.6 is 11.6 Å². The van der Waals surface area contributed by atoms with Gasteiger partial charge in [0, 0.05) is 12.1 Å². The molecule has 19 heavy (non-hydrogen) atoms. The summed E-state index contributed by atoms with van der Waals surface area (Å²) in [6.07, 6.45) is 0.916. The van der Waals surface area contributed by atoms with Crippen LogP contribution < -0.4 is 5.32 Å². The second-order valence-corrected chi connectivity index (χ2v) is 4.71. The molecule has 1 rings (SSSR count). The fourth-order valence-corrected chi connectivity index (χ4v) is 1.98. The number of hydrogen-bond donors (Lipinski definition) is 2. The minimum absolute atomic E-state index is 0.0141. The predicted molar refractivity (Wildman–Crippen MR) is 77.9 cm³/mol. The number of nitrogens with one attached hydrogen (secondary N) is 1. The van der Waals surface area contributed by atoms with Gasteiger partial charge in [-0.15, -0.1) is 0 Å². The first-order valence-corrected chi connectivity index (χ1v) is 6.95. The molecule has 5 heteroatoms. The Kier molecular flexibility index (Phi) is 6.67. The second-order valence-electron chi connectivity index (χ2n) is 4.30. The first kappa shape index (κ1) is 15.8. The Morgan fingerprint density at radius 1 is 1.37 bits per heavy atom. The van der Waals surface area contributed by atoms with Crippen molar-refractivity contribution in [2.45, 2.75) is 20.3 Å². The molecule has 1 aromatic rings. The summed E-state index contributed by atoms with van der Waals surface area (Å²) in [6, 6.07) is 4.45. The average Bonchev–Trinajstić information content (AvgIpc) is 2.42. The van der Waals surface area contributed by atoms with Crippen molar-refractivity contribution < 1.29 is 9.90 Å². The van der Waals surface area contributed by atoms with Gasteiger partial charge in [0.15, 0.2) is 0 Å². The Balaban J connectivity index is 2.37. The monoisotopic (exact) mass is 284 g/mol. The molecule has 0 unspecified atom stereocenters. The molecule has 4 nitrogen and oxygen atoms in total. The van der Waals surface area contributed by atoms with Gasteiger partial charge in [0.1, 0.15) is 5.75 Å². The highest BCUT2D eigenvalue weighted by Crippen LogP contribution is 2.23. The fraction of sp³-hybridized carbons (Fsp3) is 0.500. The average molecular weight is 285 g/mol. The van der Waals surface area contributed by atoms with E-state index in [9.17, 15) is 9.90 Å². The van der Waals surface area contributed by atoms with Gasteiger partial charge in [0.05, 0.1) is 5.02 Å². The zero-order valence-electron chi connectivity index (χ0n) is 11.4. The number of hydrogen-bond acceptors (Lipinski definition) is 3. The number of rotatable bonds is 7. The number of benzene rings is 1. The molecule has 106 valence electrons. The third-order valence-electron chi connectivity index (χ3n) is 3.04. The van der Waals surface area contributed by atoms with Crippen molar-refractivity contribution in [2.24, 2.45) is 0 Å². The highest BCUT2D eigenvalue weighted by Gasteiger charge is 2.07. The van der Waals surface area contributed by atoms with Gasteiger partial charge < -0.3 is 15.3 Å². The van der Waals surface area contributed by atoms with E-state index in [2.05, 4.69) is 24.1 Å². The number of aromatic hydroxyl groups is 1. The van der Waals surface area contributed by atoms with E-state index in [1.165, 1.54) is 12.1 Å². The number of carbonyl (C=O) groups excluding carboxylic acids is 1. The van der Waals surface area contributed by atoms with Crippen LogP contribution in [0.15, 0.2) is 18.2 Å². The normalized spacial score (nSPS) is 10.7. The van der Waals surface area contributed by atoms with E-state index in [1.54, 1.807) is 6.07 Å². The summed E-state index contributed by atoms with van der Waals surface area (Å²) < 4.78 is 0. The maximum absolute atomic E-state index is 11.8. The summed E-state index contributed by atoms with van der Waals surface area (Å²) in [4.78, 5) is 14.1. The summed E-state index contributed by atoms with van der Waals surface area (Å²) in [5.74, 6) is -0.179. The van der Waals surface area contributed by atoms with Crippen molar-refractivity contribution >= 4 is 17.5 Å². The van der Waals surface area contributed by atoms with Gasteiger partial charge in [-0.05, 0) is 44.3 Å². The van der Waals surface area contributed by atoms with Gasteiger partial charge in [-0.1, -0.05) is 25.4 Å². The molecule has 0 saturated heterocycles. The van der Waals surface area contributed by atoms with Crippen molar-refractivity contribution in [2.75, 3.05) is 26.2 Å². The molecular weight excluding hydrogens is 264 g/mol. The Morgan fingerprint density at radius 3 is 2.63 bits per heavy atom. The van der Waals surface area contributed by atoms with E-state index in [0.29, 0.717) is 12.1 Å². The minimum atomic E-state index is -0.165. The molecule has 0 atom stereocenters. The SMILES string of the molecule is CCN(CC)CCCNC(=O)c1ccc(O)c(Cl)c1. The van der Waals surface area contributed by atoms with E-state index in [4.69, 9.17) is 11.6 Å². The Morgan fingerprint density at radius 2 is 2.05 bits per heavy atom. The van der Waals surface area contributed by atoms with Gasteiger partial charge in [0.25, 0.3) is 5.91 Å². The summed E-state index contributed by atoms with van der Waals surface area (Å²) in [6.45, 7) is 7.91. The molecule has 0 radical (unpaired) electrons. The molecule has 0 aliphatic heterocycles. The van der Waals surface area contributed by atoms with E-state index >= 15 is 0 Å². The Hall–Kier alpha value is -1.26. The number of carbonyl (C=O) groups is 1.